The normalized spacial score (nSPS) is 37.2. The highest BCUT2D eigenvalue weighted by Crippen LogP contribution is 2.30. The number of hydrogen-bond acceptors (Lipinski definition) is 1. The Balaban J connectivity index is 1.82. The van der Waals surface area contributed by atoms with Crippen LogP contribution in [0.25, 0.3) is 0 Å². The molecule has 1 N–H and O–H groups in total. The Labute approximate surface area is 119 Å². The molecule has 3 heteroatoms. The van der Waals surface area contributed by atoms with Crippen molar-refractivity contribution < 1.29 is 4.79 Å². The molecule has 0 aromatic heterocycles. The van der Waals surface area contributed by atoms with Crippen LogP contribution in [0.3, 0.4) is 0 Å². The molecule has 2 atom stereocenters. The quantitative estimate of drug-likeness (QED) is 0.787. The molecular formula is C15H26BrNO. The number of alkyl halides is 1. The Morgan fingerprint density at radius 1 is 1.11 bits per heavy atom. The first kappa shape index (κ1) is 14.4. The Kier molecular flexibility index (Phi) is 5.53. The van der Waals surface area contributed by atoms with Gasteiger partial charge in [0, 0.05) is 17.3 Å². The van der Waals surface area contributed by atoms with E-state index in [0.717, 1.165) is 24.1 Å². The van der Waals surface area contributed by atoms with E-state index in [9.17, 15) is 4.79 Å². The largest absolute Gasteiger partial charge is 0.353 e. The molecule has 2 saturated carbocycles. The topological polar surface area (TPSA) is 29.1 Å². The molecule has 2 nitrogen and oxygen atoms in total. The molecule has 0 aromatic carbocycles. The van der Waals surface area contributed by atoms with Crippen LogP contribution in [0.2, 0.25) is 0 Å². The standard InChI is InChI=1S/C15H26BrNO/c1-11-6-8-12(9-7-11)15(18)17-14-5-3-2-4-13(14)10-16/h11-14H,2-10H2,1H3,(H,17,18). The van der Waals surface area contributed by atoms with Gasteiger partial charge in [-0.1, -0.05) is 35.7 Å². The van der Waals surface area contributed by atoms with E-state index in [1.165, 1.54) is 38.5 Å². The molecule has 18 heavy (non-hydrogen) atoms. The second-order valence-corrected chi connectivity index (χ2v) is 6.92. The van der Waals surface area contributed by atoms with Crippen LogP contribution in [0.15, 0.2) is 0 Å². The molecule has 1 amide bonds. The zero-order chi connectivity index (χ0) is 13.0. The lowest BCUT2D eigenvalue weighted by atomic mass is 9.81. The molecular weight excluding hydrogens is 290 g/mol. The average Bonchev–Trinajstić information content (AvgIpc) is 2.40. The summed E-state index contributed by atoms with van der Waals surface area (Å²) < 4.78 is 0. The van der Waals surface area contributed by atoms with Crippen LogP contribution >= 0.6 is 15.9 Å². The summed E-state index contributed by atoms with van der Waals surface area (Å²) in [6, 6.07) is 0.421. The monoisotopic (exact) mass is 315 g/mol. The van der Waals surface area contributed by atoms with Gasteiger partial charge in [-0.15, -0.1) is 0 Å². The third kappa shape index (κ3) is 3.72. The van der Waals surface area contributed by atoms with Crippen LogP contribution in [0.4, 0.5) is 0 Å². The zero-order valence-electron chi connectivity index (χ0n) is 11.5. The molecule has 2 aliphatic carbocycles. The van der Waals surface area contributed by atoms with Crippen molar-refractivity contribution in [1.29, 1.82) is 0 Å². The minimum atomic E-state index is 0.291. The van der Waals surface area contributed by atoms with Crippen molar-refractivity contribution in [2.24, 2.45) is 17.8 Å². The number of rotatable bonds is 3. The second-order valence-electron chi connectivity index (χ2n) is 6.27. The molecule has 0 bridgehead atoms. The van der Waals surface area contributed by atoms with Crippen LogP contribution in [-0.2, 0) is 4.79 Å². The maximum Gasteiger partial charge on any atom is 0.223 e. The minimum absolute atomic E-state index is 0.291. The molecule has 2 aliphatic rings. The van der Waals surface area contributed by atoms with E-state index in [2.05, 4.69) is 28.2 Å². The smallest absolute Gasteiger partial charge is 0.223 e. The highest BCUT2D eigenvalue weighted by Gasteiger charge is 2.29. The summed E-state index contributed by atoms with van der Waals surface area (Å²) in [6.07, 6.45) is 9.68. The molecule has 0 aromatic rings. The lowest BCUT2D eigenvalue weighted by Crippen LogP contribution is -2.45. The lowest BCUT2D eigenvalue weighted by molar-refractivity contribution is -0.127. The number of nitrogens with one attached hydrogen (secondary N) is 1. The van der Waals surface area contributed by atoms with Gasteiger partial charge in [0.15, 0.2) is 0 Å². The van der Waals surface area contributed by atoms with E-state index in [1.54, 1.807) is 0 Å². The summed E-state index contributed by atoms with van der Waals surface area (Å²) in [5.41, 5.74) is 0. The number of halogens is 1. The van der Waals surface area contributed by atoms with Gasteiger partial charge in [-0.25, -0.2) is 0 Å². The zero-order valence-corrected chi connectivity index (χ0v) is 13.0. The Morgan fingerprint density at radius 2 is 1.78 bits per heavy atom. The number of hydrogen-bond donors (Lipinski definition) is 1. The lowest BCUT2D eigenvalue weighted by Gasteiger charge is -2.33. The molecule has 0 aliphatic heterocycles. The number of amides is 1. The molecule has 0 heterocycles. The summed E-state index contributed by atoms with van der Waals surface area (Å²) in [4.78, 5) is 12.3. The van der Waals surface area contributed by atoms with Gasteiger partial charge in [-0.05, 0) is 50.4 Å². The summed E-state index contributed by atoms with van der Waals surface area (Å²) in [6.45, 7) is 2.30. The van der Waals surface area contributed by atoms with Gasteiger partial charge in [-0.3, -0.25) is 4.79 Å². The Bertz CT molecular complexity index is 274. The van der Waals surface area contributed by atoms with Crippen LogP contribution in [0, 0.1) is 17.8 Å². The SMILES string of the molecule is CC1CCC(C(=O)NC2CCCCC2CBr)CC1. The predicted octanol–water partition coefficient (Wildman–Crippen LogP) is 3.88. The van der Waals surface area contributed by atoms with E-state index in [0.29, 0.717) is 23.8 Å². The van der Waals surface area contributed by atoms with Crippen molar-refractivity contribution in [3.8, 4) is 0 Å². The van der Waals surface area contributed by atoms with Gasteiger partial charge >= 0.3 is 0 Å². The fourth-order valence-electron chi connectivity index (χ4n) is 3.41. The van der Waals surface area contributed by atoms with Crippen LogP contribution in [-0.4, -0.2) is 17.3 Å². The molecule has 2 unspecified atom stereocenters. The fraction of sp³-hybridized carbons (Fsp3) is 0.933. The van der Waals surface area contributed by atoms with Crippen molar-refractivity contribution >= 4 is 21.8 Å². The van der Waals surface area contributed by atoms with Gasteiger partial charge < -0.3 is 5.32 Å². The van der Waals surface area contributed by atoms with E-state index in [4.69, 9.17) is 0 Å². The van der Waals surface area contributed by atoms with Gasteiger partial charge in [0.2, 0.25) is 5.91 Å². The third-order valence-electron chi connectivity index (χ3n) is 4.82. The Hall–Kier alpha value is -0.0500. The van der Waals surface area contributed by atoms with E-state index < -0.39 is 0 Å². The van der Waals surface area contributed by atoms with Crippen molar-refractivity contribution in [3.63, 3.8) is 0 Å². The summed E-state index contributed by atoms with van der Waals surface area (Å²) in [7, 11) is 0. The highest BCUT2D eigenvalue weighted by molar-refractivity contribution is 9.09. The Morgan fingerprint density at radius 3 is 2.44 bits per heavy atom. The summed E-state index contributed by atoms with van der Waals surface area (Å²) >= 11 is 3.59. The first-order valence-corrected chi connectivity index (χ1v) is 8.69. The summed E-state index contributed by atoms with van der Waals surface area (Å²) in [5, 5.41) is 4.36. The molecule has 0 saturated heterocycles. The van der Waals surface area contributed by atoms with Crippen molar-refractivity contribution in [2.75, 3.05) is 5.33 Å². The van der Waals surface area contributed by atoms with Gasteiger partial charge in [0.05, 0.1) is 0 Å². The third-order valence-corrected chi connectivity index (χ3v) is 5.65. The first-order chi connectivity index (χ1) is 8.70. The highest BCUT2D eigenvalue weighted by atomic mass is 79.9. The second kappa shape index (κ2) is 6.93. The van der Waals surface area contributed by atoms with Crippen LogP contribution in [0.5, 0.6) is 0 Å². The minimum Gasteiger partial charge on any atom is -0.353 e. The van der Waals surface area contributed by atoms with E-state index in [1.807, 2.05) is 0 Å². The van der Waals surface area contributed by atoms with Crippen LogP contribution < -0.4 is 5.32 Å². The summed E-state index contributed by atoms with van der Waals surface area (Å²) in [5.74, 6) is 2.09. The molecule has 2 rings (SSSR count). The van der Waals surface area contributed by atoms with Gasteiger partial charge in [0.25, 0.3) is 0 Å². The first-order valence-electron chi connectivity index (χ1n) is 7.57. The van der Waals surface area contributed by atoms with Crippen LogP contribution in [0.1, 0.15) is 58.3 Å². The molecule has 104 valence electrons. The molecule has 2 fully saturated rings. The predicted molar refractivity (Wildman–Crippen MR) is 78.8 cm³/mol. The molecule has 0 radical (unpaired) electrons. The van der Waals surface area contributed by atoms with Crippen molar-refractivity contribution in [2.45, 2.75) is 64.3 Å². The van der Waals surface area contributed by atoms with Crippen molar-refractivity contribution in [3.05, 3.63) is 0 Å². The van der Waals surface area contributed by atoms with E-state index in [-0.39, 0.29) is 0 Å². The maximum absolute atomic E-state index is 12.3. The number of carbonyl (C=O) groups is 1. The number of carbonyl (C=O) groups excluding carboxylic acids is 1. The van der Waals surface area contributed by atoms with Gasteiger partial charge in [0.1, 0.15) is 0 Å². The van der Waals surface area contributed by atoms with Crippen molar-refractivity contribution in [1.82, 2.24) is 5.32 Å². The average molecular weight is 316 g/mol. The molecule has 0 spiro atoms. The van der Waals surface area contributed by atoms with Gasteiger partial charge in [-0.2, -0.15) is 0 Å². The fourth-order valence-corrected chi connectivity index (χ4v) is 4.18. The van der Waals surface area contributed by atoms with E-state index >= 15 is 0 Å². The maximum atomic E-state index is 12.3.